The van der Waals surface area contributed by atoms with Gasteiger partial charge in [0, 0.05) is 17.6 Å². The molecule has 0 radical (unpaired) electrons. The minimum absolute atomic E-state index is 0.505. The predicted molar refractivity (Wildman–Crippen MR) is 82.2 cm³/mol. The van der Waals surface area contributed by atoms with E-state index >= 15 is 0 Å². The van der Waals surface area contributed by atoms with Crippen molar-refractivity contribution in [1.82, 2.24) is 10.3 Å². The molecule has 1 unspecified atom stereocenters. The van der Waals surface area contributed by atoms with Gasteiger partial charge in [0.15, 0.2) is 0 Å². The summed E-state index contributed by atoms with van der Waals surface area (Å²) in [7, 11) is 0. The van der Waals surface area contributed by atoms with Gasteiger partial charge in [-0.3, -0.25) is 4.98 Å². The second kappa shape index (κ2) is 6.55. The van der Waals surface area contributed by atoms with E-state index in [1.165, 1.54) is 19.3 Å². The van der Waals surface area contributed by atoms with Crippen LogP contribution in [0, 0.1) is 11.3 Å². The number of hydrogen-bond donors (Lipinski definition) is 1. The fourth-order valence-corrected chi connectivity index (χ4v) is 2.82. The van der Waals surface area contributed by atoms with Crippen LogP contribution in [0.2, 0.25) is 0 Å². The normalized spacial score (nSPS) is 18.3. The van der Waals surface area contributed by atoms with Crippen molar-refractivity contribution in [1.29, 1.82) is 5.26 Å². The lowest BCUT2D eigenvalue weighted by atomic mass is 10.0. The molecule has 3 rings (SSSR count). The SMILES string of the molecule is N#Cc1cnc2ccccc2c1OCCC1CCCCN1. The van der Waals surface area contributed by atoms with Gasteiger partial charge in [0.05, 0.1) is 12.1 Å². The standard InChI is InChI=1S/C17H19N3O/c18-11-13-12-20-16-7-2-1-6-15(16)17(13)21-10-8-14-5-3-4-9-19-14/h1-2,6-7,12,14,19H,3-5,8-10H2. The molecule has 4 heteroatoms. The molecular weight excluding hydrogens is 262 g/mol. The van der Waals surface area contributed by atoms with Crippen LogP contribution in [0.3, 0.4) is 0 Å². The quantitative estimate of drug-likeness (QED) is 0.936. The number of para-hydroxylation sites is 1. The van der Waals surface area contributed by atoms with Crippen LogP contribution in [-0.4, -0.2) is 24.2 Å². The van der Waals surface area contributed by atoms with E-state index in [1.807, 2.05) is 24.3 Å². The van der Waals surface area contributed by atoms with E-state index in [0.717, 1.165) is 23.9 Å². The summed E-state index contributed by atoms with van der Waals surface area (Å²) in [6.45, 7) is 1.73. The summed E-state index contributed by atoms with van der Waals surface area (Å²) in [5, 5.41) is 13.7. The van der Waals surface area contributed by atoms with E-state index in [0.29, 0.717) is 24.0 Å². The minimum atomic E-state index is 0.505. The number of nitriles is 1. The van der Waals surface area contributed by atoms with Gasteiger partial charge in [0.1, 0.15) is 17.4 Å². The first-order chi connectivity index (χ1) is 10.4. The summed E-state index contributed by atoms with van der Waals surface area (Å²) in [6, 6.07) is 10.5. The molecule has 0 spiro atoms. The minimum Gasteiger partial charge on any atom is -0.491 e. The summed E-state index contributed by atoms with van der Waals surface area (Å²) in [6.07, 6.45) is 6.34. The van der Waals surface area contributed by atoms with Gasteiger partial charge in [-0.05, 0) is 37.9 Å². The lowest BCUT2D eigenvalue weighted by Gasteiger charge is -2.23. The molecule has 1 aromatic heterocycles. The highest BCUT2D eigenvalue weighted by molar-refractivity contribution is 5.87. The summed E-state index contributed by atoms with van der Waals surface area (Å²) in [5.74, 6) is 0.666. The van der Waals surface area contributed by atoms with Crippen LogP contribution in [0.15, 0.2) is 30.5 Å². The van der Waals surface area contributed by atoms with Gasteiger partial charge in [0.25, 0.3) is 0 Å². The zero-order valence-electron chi connectivity index (χ0n) is 12.0. The van der Waals surface area contributed by atoms with Gasteiger partial charge in [-0.2, -0.15) is 5.26 Å². The molecule has 1 saturated heterocycles. The van der Waals surface area contributed by atoms with Crippen LogP contribution in [0.1, 0.15) is 31.2 Å². The number of fused-ring (bicyclic) bond motifs is 1. The Morgan fingerprint density at radius 2 is 2.24 bits per heavy atom. The lowest BCUT2D eigenvalue weighted by Crippen LogP contribution is -2.35. The topological polar surface area (TPSA) is 57.9 Å². The average Bonchev–Trinajstić information content (AvgIpc) is 2.56. The highest BCUT2D eigenvalue weighted by atomic mass is 16.5. The van der Waals surface area contributed by atoms with Crippen molar-refractivity contribution in [3.63, 3.8) is 0 Å². The fourth-order valence-electron chi connectivity index (χ4n) is 2.82. The zero-order valence-corrected chi connectivity index (χ0v) is 12.0. The largest absolute Gasteiger partial charge is 0.491 e. The second-order valence-corrected chi connectivity index (χ2v) is 5.41. The number of hydrogen-bond acceptors (Lipinski definition) is 4. The summed E-state index contributed by atoms with van der Waals surface area (Å²) in [5.41, 5.74) is 1.37. The van der Waals surface area contributed by atoms with Gasteiger partial charge in [-0.1, -0.05) is 18.6 Å². The lowest BCUT2D eigenvalue weighted by molar-refractivity contribution is 0.270. The van der Waals surface area contributed by atoms with Crippen molar-refractivity contribution >= 4 is 10.9 Å². The number of piperidine rings is 1. The van der Waals surface area contributed by atoms with Crippen molar-refractivity contribution < 1.29 is 4.74 Å². The summed E-state index contributed by atoms with van der Waals surface area (Å²) < 4.78 is 5.94. The molecule has 108 valence electrons. The van der Waals surface area contributed by atoms with Gasteiger partial charge < -0.3 is 10.1 Å². The molecule has 1 atom stereocenters. The number of nitrogens with zero attached hydrogens (tertiary/aromatic N) is 2. The van der Waals surface area contributed by atoms with Crippen molar-refractivity contribution in [2.75, 3.05) is 13.2 Å². The number of benzene rings is 1. The summed E-state index contributed by atoms with van der Waals surface area (Å²) >= 11 is 0. The number of nitrogens with one attached hydrogen (secondary N) is 1. The van der Waals surface area contributed by atoms with E-state index in [1.54, 1.807) is 6.20 Å². The van der Waals surface area contributed by atoms with Crippen LogP contribution in [0.25, 0.3) is 10.9 Å². The maximum Gasteiger partial charge on any atom is 0.148 e. The zero-order chi connectivity index (χ0) is 14.5. The summed E-state index contributed by atoms with van der Waals surface area (Å²) in [4.78, 5) is 4.30. The average molecular weight is 281 g/mol. The van der Waals surface area contributed by atoms with E-state index < -0.39 is 0 Å². The molecule has 1 fully saturated rings. The smallest absolute Gasteiger partial charge is 0.148 e. The molecule has 0 aliphatic carbocycles. The molecule has 2 aromatic rings. The van der Waals surface area contributed by atoms with Crippen molar-refractivity contribution in [3.8, 4) is 11.8 Å². The highest BCUT2D eigenvalue weighted by Gasteiger charge is 2.14. The molecule has 1 aliphatic heterocycles. The third kappa shape index (κ3) is 3.14. The van der Waals surface area contributed by atoms with Crippen LogP contribution in [0.4, 0.5) is 0 Å². The molecular formula is C17H19N3O. The molecule has 0 amide bonds. The van der Waals surface area contributed by atoms with Crippen LogP contribution >= 0.6 is 0 Å². The first-order valence-corrected chi connectivity index (χ1v) is 7.52. The van der Waals surface area contributed by atoms with E-state index in [9.17, 15) is 5.26 Å². The highest BCUT2D eigenvalue weighted by Crippen LogP contribution is 2.28. The Morgan fingerprint density at radius 3 is 3.05 bits per heavy atom. The van der Waals surface area contributed by atoms with Gasteiger partial charge in [0.2, 0.25) is 0 Å². The first-order valence-electron chi connectivity index (χ1n) is 7.52. The maximum atomic E-state index is 9.24. The Labute approximate surface area is 124 Å². The van der Waals surface area contributed by atoms with Crippen LogP contribution in [0.5, 0.6) is 5.75 Å². The first kappa shape index (κ1) is 13.8. The van der Waals surface area contributed by atoms with Gasteiger partial charge >= 0.3 is 0 Å². The van der Waals surface area contributed by atoms with Crippen molar-refractivity contribution in [2.24, 2.45) is 0 Å². The van der Waals surface area contributed by atoms with Crippen LogP contribution in [-0.2, 0) is 0 Å². The van der Waals surface area contributed by atoms with Crippen molar-refractivity contribution in [3.05, 3.63) is 36.0 Å². The number of pyridine rings is 1. The Morgan fingerprint density at radius 1 is 1.33 bits per heavy atom. The molecule has 1 aromatic carbocycles. The van der Waals surface area contributed by atoms with Gasteiger partial charge in [-0.25, -0.2) is 0 Å². The second-order valence-electron chi connectivity index (χ2n) is 5.41. The number of rotatable bonds is 4. The van der Waals surface area contributed by atoms with Gasteiger partial charge in [-0.15, -0.1) is 0 Å². The van der Waals surface area contributed by atoms with Crippen molar-refractivity contribution in [2.45, 2.75) is 31.7 Å². The fraction of sp³-hybridized carbons (Fsp3) is 0.412. The van der Waals surface area contributed by atoms with Crippen LogP contribution < -0.4 is 10.1 Å². The monoisotopic (exact) mass is 281 g/mol. The maximum absolute atomic E-state index is 9.24. The Hall–Kier alpha value is -2.12. The molecule has 21 heavy (non-hydrogen) atoms. The molecule has 4 nitrogen and oxygen atoms in total. The van der Waals surface area contributed by atoms with E-state index in [-0.39, 0.29) is 0 Å². The number of ether oxygens (including phenoxy) is 1. The molecule has 1 N–H and O–H groups in total. The molecule has 0 bridgehead atoms. The molecule has 2 heterocycles. The Bertz CT molecular complexity index is 657. The third-order valence-corrected chi connectivity index (χ3v) is 3.97. The molecule has 0 saturated carbocycles. The Kier molecular flexibility index (Phi) is 4.32. The Balaban J connectivity index is 1.74. The number of aromatic nitrogens is 1. The van der Waals surface area contributed by atoms with E-state index in [2.05, 4.69) is 16.4 Å². The predicted octanol–water partition coefficient (Wildman–Crippen LogP) is 3.02. The van der Waals surface area contributed by atoms with E-state index in [4.69, 9.17) is 4.74 Å². The third-order valence-electron chi connectivity index (χ3n) is 3.97. The molecule has 1 aliphatic rings.